The fraction of sp³-hybridized carbons (Fsp3) is 0.0769. The van der Waals surface area contributed by atoms with Crippen molar-refractivity contribution in [3.05, 3.63) is 103 Å². The number of H-pyrrole nitrogens is 1. The van der Waals surface area contributed by atoms with Gasteiger partial charge in [0, 0.05) is 28.6 Å². The van der Waals surface area contributed by atoms with Gasteiger partial charge in [0.05, 0.1) is 29.2 Å². The first-order valence-corrected chi connectivity index (χ1v) is 11.2. The molecule has 1 N–H and O–H groups in total. The molecule has 3 aromatic carbocycles. The maximum Gasteiger partial charge on any atom is 0.270 e. The molecule has 0 aliphatic carbocycles. The standard InChI is InChI=1S/C26H19BrN2O6/c1-34-21-13-9-16(24(27)25(21)35-2)8-12-20(30)23-22(15-6-4-3-5-7-15)18-14-17(29(32)33)10-11-19(18)28-26(23)31/h3-14H,1-2H3,(H,28,31). The lowest BCUT2D eigenvalue weighted by Gasteiger charge is -2.12. The number of nitro groups is 1. The van der Waals surface area contributed by atoms with Gasteiger partial charge in [-0.15, -0.1) is 0 Å². The number of halogens is 1. The van der Waals surface area contributed by atoms with Crippen LogP contribution in [0.4, 0.5) is 5.69 Å². The van der Waals surface area contributed by atoms with Crippen LogP contribution in [0.15, 0.2) is 76.0 Å². The van der Waals surface area contributed by atoms with Crippen LogP contribution in [0.5, 0.6) is 11.5 Å². The molecule has 0 amide bonds. The van der Waals surface area contributed by atoms with E-state index in [4.69, 9.17) is 9.47 Å². The summed E-state index contributed by atoms with van der Waals surface area (Å²) in [6.07, 6.45) is 2.84. The number of fused-ring (bicyclic) bond motifs is 1. The van der Waals surface area contributed by atoms with E-state index in [1.807, 2.05) is 0 Å². The minimum Gasteiger partial charge on any atom is -0.493 e. The predicted octanol–water partition coefficient (Wildman–Crippen LogP) is 5.78. The molecule has 1 aromatic heterocycles. The van der Waals surface area contributed by atoms with Crippen molar-refractivity contribution < 1.29 is 19.2 Å². The van der Waals surface area contributed by atoms with Crippen LogP contribution in [-0.4, -0.2) is 29.9 Å². The molecule has 1 heterocycles. The Bertz CT molecular complexity index is 1540. The van der Waals surface area contributed by atoms with E-state index >= 15 is 0 Å². The highest BCUT2D eigenvalue weighted by Gasteiger charge is 2.21. The predicted molar refractivity (Wildman–Crippen MR) is 137 cm³/mol. The van der Waals surface area contributed by atoms with Crippen molar-refractivity contribution in [3.63, 3.8) is 0 Å². The largest absolute Gasteiger partial charge is 0.493 e. The van der Waals surface area contributed by atoms with Crippen molar-refractivity contribution >= 4 is 44.4 Å². The monoisotopic (exact) mass is 534 g/mol. The van der Waals surface area contributed by atoms with E-state index in [2.05, 4.69) is 20.9 Å². The molecule has 4 rings (SSSR count). The number of allylic oxidation sites excluding steroid dienone is 1. The molecular weight excluding hydrogens is 516 g/mol. The van der Waals surface area contributed by atoms with Crippen molar-refractivity contribution in [1.29, 1.82) is 0 Å². The van der Waals surface area contributed by atoms with Crippen LogP contribution in [0.2, 0.25) is 0 Å². The summed E-state index contributed by atoms with van der Waals surface area (Å²) in [6, 6.07) is 16.4. The zero-order chi connectivity index (χ0) is 25.1. The lowest BCUT2D eigenvalue weighted by Crippen LogP contribution is -2.18. The van der Waals surface area contributed by atoms with Gasteiger partial charge < -0.3 is 14.5 Å². The molecule has 35 heavy (non-hydrogen) atoms. The number of ether oxygens (including phenoxy) is 2. The molecule has 176 valence electrons. The summed E-state index contributed by atoms with van der Waals surface area (Å²) in [7, 11) is 3.02. The van der Waals surface area contributed by atoms with Crippen LogP contribution < -0.4 is 15.0 Å². The molecule has 0 spiro atoms. The second kappa shape index (κ2) is 9.94. The molecule has 8 nitrogen and oxygen atoms in total. The van der Waals surface area contributed by atoms with E-state index < -0.39 is 16.3 Å². The van der Waals surface area contributed by atoms with Gasteiger partial charge in [-0.1, -0.05) is 30.3 Å². The van der Waals surface area contributed by atoms with E-state index in [0.717, 1.165) is 0 Å². The van der Waals surface area contributed by atoms with E-state index in [-0.39, 0.29) is 11.3 Å². The summed E-state index contributed by atoms with van der Waals surface area (Å²) in [5.74, 6) is 0.421. The number of hydrogen-bond acceptors (Lipinski definition) is 6. The summed E-state index contributed by atoms with van der Waals surface area (Å²) in [4.78, 5) is 40.0. The Morgan fingerprint density at radius 1 is 1.06 bits per heavy atom. The zero-order valence-corrected chi connectivity index (χ0v) is 20.3. The Morgan fingerprint density at radius 3 is 2.46 bits per heavy atom. The van der Waals surface area contributed by atoms with Crippen LogP contribution in [0.25, 0.3) is 28.1 Å². The molecule has 0 saturated heterocycles. The van der Waals surface area contributed by atoms with Crippen molar-refractivity contribution in [2.45, 2.75) is 0 Å². The number of benzene rings is 3. The van der Waals surface area contributed by atoms with Crippen molar-refractivity contribution in [1.82, 2.24) is 4.98 Å². The number of carbonyl (C=O) groups is 1. The van der Waals surface area contributed by atoms with Gasteiger partial charge in [-0.05, 0) is 57.4 Å². The summed E-state index contributed by atoms with van der Waals surface area (Å²) in [5, 5.41) is 11.8. The number of carbonyl (C=O) groups excluding carboxylic acids is 1. The first kappa shape index (κ1) is 23.9. The number of hydrogen-bond donors (Lipinski definition) is 1. The Balaban J connectivity index is 1.91. The molecule has 0 atom stereocenters. The van der Waals surface area contributed by atoms with Crippen LogP contribution in [-0.2, 0) is 0 Å². The number of nitro benzene ring substituents is 1. The van der Waals surface area contributed by atoms with Gasteiger partial charge in [0.2, 0.25) is 0 Å². The third-order valence-corrected chi connectivity index (χ3v) is 6.26. The van der Waals surface area contributed by atoms with Gasteiger partial charge in [0.25, 0.3) is 11.2 Å². The van der Waals surface area contributed by atoms with E-state index in [1.54, 1.807) is 48.5 Å². The highest BCUT2D eigenvalue weighted by atomic mass is 79.9. The molecular formula is C26H19BrN2O6. The van der Waals surface area contributed by atoms with Crippen LogP contribution in [0.1, 0.15) is 15.9 Å². The zero-order valence-electron chi connectivity index (χ0n) is 18.7. The number of nitrogens with one attached hydrogen (secondary N) is 1. The first-order chi connectivity index (χ1) is 16.8. The Labute approximate surface area is 208 Å². The van der Waals surface area contributed by atoms with Crippen LogP contribution >= 0.6 is 15.9 Å². The number of non-ortho nitro benzene ring substituents is 1. The van der Waals surface area contributed by atoms with Crippen LogP contribution in [0.3, 0.4) is 0 Å². The number of rotatable bonds is 7. The van der Waals surface area contributed by atoms with Gasteiger partial charge in [0.15, 0.2) is 17.3 Å². The Kier molecular flexibility index (Phi) is 6.79. The second-order valence-corrected chi connectivity index (χ2v) is 8.25. The Hall–Kier alpha value is -4.24. The maximum absolute atomic E-state index is 13.4. The number of aromatic nitrogens is 1. The number of methoxy groups -OCH3 is 2. The van der Waals surface area contributed by atoms with E-state index in [9.17, 15) is 19.7 Å². The normalized spacial score (nSPS) is 11.1. The minimum atomic E-state index is -0.591. The topological polar surface area (TPSA) is 112 Å². The van der Waals surface area contributed by atoms with Crippen molar-refractivity contribution in [2.75, 3.05) is 14.2 Å². The first-order valence-electron chi connectivity index (χ1n) is 10.4. The number of nitrogens with zero attached hydrogens (tertiary/aromatic N) is 1. The Morgan fingerprint density at radius 2 is 1.80 bits per heavy atom. The second-order valence-electron chi connectivity index (χ2n) is 7.46. The van der Waals surface area contributed by atoms with E-state index in [0.29, 0.717) is 43.6 Å². The van der Waals surface area contributed by atoms with Gasteiger partial charge in [-0.2, -0.15) is 0 Å². The van der Waals surface area contributed by atoms with Crippen molar-refractivity contribution in [3.8, 4) is 22.6 Å². The van der Waals surface area contributed by atoms with Gasteiger partial charge in [-0.25, -0.2) is 0 Å². The van der Waals surface area contributed by atoms with Gasteiger partial charge in [-0.3, -0.25) is 19.7 Å². The summed E-state index contributed by atoms with van der Waals surface area (Å²) >= 11 is 3.46. The molecule has 0 fully saturated rings. The average Bonchev–Trinajstić information content (AvgIpc) is 2.86. The van der Waals surface area contributed by atoms with E-state index in [1.165, 1.54) is 38.5 Å². The van der Waals surface area contributed by atoms with Crippen molar-refractivity contribution in [2.24, 2.45) is 0 Å². The number of aromatic amines is 1. The summed E-state index contributed by atoms with van der Waals surface area (Å²) in [5.41, 5.74) is 1.09. The fourth-order valence-electron chi connectivity index (χ4n) is 3.82. The highest BCUT2D eigenvalue weighted by Crippen LogP contribution is 2.38. The molecule has 9 heteroatoms. The molecule has 0 aliphatic rings. The quantitative estimate of drug-likeness (QED) is 0.139. The molecule has 0 unspecified atom stereocenters. The maximum atomic E-state index is 13.4. The minimum absolute atomic E-state index is 0.114. The SMILES string of the molecule is COc1ccc(C=CC(=O)c2c(-c3ccccc3)c3cc([N+](=O)[O-])ccc3[nH]c2=O)c(Br)c1OC. The molecule has 0 saturated carbocycles. The fourth-order valence-corrected chi connectivity index (χ4v) is 4.44. The number of ketones is 1. The average molecular weight is 535 g/mol. The lowest BCUT2D eigenvalue weighted by molar-refractivity contribution is -0.384. The molecule has 0 aliphatic heterocycles. The highest BCUT2D eigenvalue weighted by molar-refractivity contribution is 9.10. The smallest absolute Gasteiger partial charge is 0.270 e. The molecule has 4 aromatic rings. The third-order valence-electron chi connectivity index (χ3n) is 5.45. The molecule has 0 bridgehead atoms. The third kappa shape index (κ3) is 4.58. The summed E-state index contributed by atoms with van der Waals surface area (Å²) in [6.45, 7) is 0. The molecule has 0 radical (unpaired) electrons. The van der Waals surface area contributed by atoms with Gasteiger partial charge >= 0.3 is 0 Å². The lowest BCUT2D eigenvalue weighted by atomic mass is 9.93. The number of pyridine rings is 1. The summed E-state index contributed by atoms with van der Waals surface area (Å²) < 4.78 is 11.2. The van der Waals surface area contributed by atoms with Gasteiger partial charge in [0.1, 0.15) is 0 Å². The van der Waals surface area contributed by atoms with Crippen LogP contribution in [0, 0.1) is 10.1 Å².